The van der Waals surface area contributed by atoms with Gasteiger partial charge in [0.15, 0.2) is 0 Å². The molecule has 1 aromatic rings. The molecule has 8 nitrogen and oxygen atoms in total. The minimum atomic E-state index is -0.821. The van der Waals surface area contributed by atoms with Gasteiger partial charge < -0.3 is 20.1 Å². The average molecular weight is 372 g/mol. The van der Waals surface area contributed by atoms with Crippen LogP contribution in [-0.2, 0) is 4.79 Å². The molecule has 144 valence electrons. The highest BCUT2D eigenvalue weighted by atomic mass is 16.5. The Morgan fingerprint density at radius 2 is 2.00 bits per heavy atom. The molecule has 0 aromatic heterocycles. The first-order valence-corrected chi connectivity index (χ1v) is 9.16. The van der Waals surface area contributed by atoms with Crippen molar-refractivity contribution in [2.24, 2.45) is 0 Å². The Bertz CT molecular complexity index is 718. The molecular weight excluding hydrogens is 348 g/mol. The zero-order valence-electron chi connectivity index (χ0n) is 15.3. The molecule has 8 heteroatoms. The summed E-state index contributed by atoms with van der Waals surface area (Å²) in [5.74, 6) is -0.128. The number of carbonyl (C=O) groups excluding carboxylic acids is 1. The molecule has 2 fully saturated rings. The van der Waals surface area contributed by atoms with Crippen molar-refractivity contribution in [2.75, 3.05) is 26.2 Å². The monoisotopic (exact) mass is 372 g/mol. The van der Waals surface area contributed by atoms with Gasteiger partial charge in [-0.05, 0) is 43.7 Å². The second-order valence-corrected chi connectivity index (χ2v) is 7.01. The second-order valence-electron chi connectivity index (χ2n) is 7.01. The summed E-state index contributed by atoms with van der Waals surface area (Å²) in [4.78, 5) is 26.7. The Kier molecular flexibility index (Phi) is 5.81. The minimum absolute atomic E-state index is 0.0380. The van der Waals surface area contributed by atoms with Gasteiger partial charge in [-0.15, -0.1) is 0 Å². The molecule has 1 aromatic carbocycles. The van der Waals surface area contributed by atoms with Crippen LogP contribution < -0.4 is 10.1 Å². The number of rotatable bonds is 7. The Morgan fingerprint density at radius 3 is 2.56 bits per heavy atom. The lowest BCUT2D eigenvalue weighted by molar-refractivity contribution is -0.139. The van der Waals surface area contributed by atoms with Crippen LogP contribution in [0, 0.1) is 11.3 Å². The Balaban J connectivity index is 1.35. The van der Waals surface area contributed by atoms with Crippen LogP contribution in [-0.4, -0.2) is 71.3 Å². The highest BCUT2D eigenvalue weighted by molar-refractivity contribution is 5.75. The summed E-state index contributed by atoms with van der Waals surface area (Å²) < 4.78 is 5.78. The van der Waals surface area contributed by atoms with Crippen molar-refractivity contribution in [1.29, 1.82) is 5.26 Å². The molecule has 0 radical (unpaired) electrons. The quantitative estimate of drug-likeness (QED) is 0.747. The molecule has 1 saturated carbocycles. The van der Waals surface area contributed by atoms with E-state index in [2.05, 4.69) is 11.4 Å². The second kappa shape index (κ2) is 8.27. The lowest BCUT2D eigenvalue weighted by atomic mass is 9.85. The molecular formula is C19H24N4O4. The van der Waals surface area contributed by atoms with Gasteiger partial charge in [-0.1, -0.05) is 6.92 Å². The van der Waals surface area contributed by atoms with E-state index in [4.69, 9.17) is 15.1 Å². The number of carboxylic acid groups (broad SMARTS) is 1. The number of nitrogens with zero attached hydrogens (tertiary/aromatic N) is 3. The van der Waals surface area contributed by atoms with Gasteiger partial charge in [0.1, 0.15) is 11.9 Å². The average Bonchev–Trinajstić information content (AvgIpc) is 2.58. The number of likely N-dealkylation sites (N-methyl/N-ethyl adjacent to an activating group) is 1. The van der Waals surface area contributed by atoms with Crippen molar-refractivity contribution in [3.8, 4) is 11.8 Å². The van der Waals surface area contributed by atoms with E-state index in [9.17, 15) is 9.59 Å². The Hall–Kier alpha value is -2.79. The highest BCUT2D eigenvalue weighted by Crippen LogP contribution is 2.26. The topological polar surface area (TPSA) is 106 Å². The van der Waals surface area contributed by atoms with Crippen LogP contribution >= 0.6 is 0 Å². The summed E-state index contributed by atoms with van der Waals surface area (Å²) in [6.07, 6.45) is 1.53. The number of nitrogens with one attached hydrogen (secondary N) is 1. The molecule has 2 aliphatic rings. The fourth-order valence-corrected chi connectivity index (χ4v) is 3.42. The molecule has 1 saturated heterocycles. The SMILES string of the molecule is CCN(CC(=O)O)C1CC(NC(=O)N2CC(Oc3ccc(C#N)cc3)C2)C1. The fraction of sp³-hybridized carbons (Fsp3) is 0.526. The first-order chi connectivity index (χ1) is 13.0. The molecule has 2 amide bonds. The molecule has 0 unspecified atom stereocenters. The predicted molar refractivity (Wildman–Crippen MR) is 97.4 cm³/mol. The third-order valence-electron chi connectivity index (χ3n) is 5.12. The number of carbonyl (C=O) groups is 2. The highest BCUT2D eigenvalue weighted by Gasteiger charge is 2.38. The number of nitriles is 1. The Labute approximate surface area is 158 Å². The molecule has 1 aliphatic carbocycles. The molecule has 0 spiro atoms. The van der Waals surface area contributed by atoms with Crippen LogP contribution in [0.5, 0.6) is 5.75 Å². The summed E-state index contributed by atoms with van der Waals surface area (Å²) in [7, 11) is 0. The lowest BCUT2D eigenvalue weighted by Crippen LogP contribution is -2.62. The van der Waals surface area contributed by atoms with Crippen LogP contribution in [0.15, 0.2) is 24.3 Å². The molecule has 1 heterocycles. The largest absolute Gasteiger partial charge is 0.487 e. The summed E-state index contributed by atoms with van der Waals surface area (Å²) in [6, 6.07) is 9.21. The Morgan fingerprint density at radius 1 is 1.33 bits per heavy atom. The van der Waals surface area contributed by atoms with Gasteiger partial charge in [0.25, 0.3) is 0 Å². The number of hydrogen-bond acceptors (Lipinski definition) is 5. The van der Waals surface area contributed by atoms with Gasteiger partial charge in [0.2, 0.25) is 0 Å². The van der Waals surface area contributed by atoms with Crippen molar-refractivity contribution in [1.82, 2.24) is 15.1 Å². The first kappa shape index (κ1) is 19.0. The number of hydrogen-bond donors (Lipinski definition) is 2. The number of urea groups is 1. The van der Waals surface area contributed by atoms with E-state index in [0.29, 0.717) is 30.9 Å². The maximum atomic E-state index is 12.2. The zero-order chi connectivity index (χ0) is 19.4. The van der Waals surface area contributed by atoms with Crippen LogP contribution in [0.4, 0.5) is 4.79 Å². The molecule has 1 aliphatic heterocycles. The normalized spacial score (nSPS) is 21.7. The van der Waals surface area contributed by atoms with Gasteiger partial charge in [-0.3, -0.25) is 9.69 Å². The number of benzene rings is 1. The van der Waals surface area contributed by atoms with Gasteiger partial charge in [0.05, 0.1) is 31.3 Å². The third kappa shape index (κ3) is 4.68. The van der Waals surface area contributed by atoms with Gasteiger partial charge in [0, 0.05) is 12.1 Å². The van der Waals surface area contributed by atoms with E-state index in [-0.39, 0.29) is 30.8 Å². The van der Waals surface area contributed by atoms with Gasteiger partial charge in [-0.2, -0.15) is 5.26 Å². The van der Waals surface area contributed by atoms with E-state index in [1.165, 1.54) is 0 Å². The predicted octanol–water partition coefficient (Wildman–Crippen LogP) is 1.27. The molecule has 0 bridgehead atoms. The van der Waals surface area contributed by atoms with Crippen molar-refractivity contribution in [3.05, 3.63) is 29.8 Å². The molecule has 2 N–H and O–H groups in total. The van der Waals surface area contributed by atoms with Crippen LogP contribution in [0.2, 0.25) is 0 Å². The smallest absolute Gasteiger partial charge is 0.317 e. The summed E-state index contributed by atoms with van der Waals surface area (Å²) in [5.41, 5.74) is 0.584. The van der Waals surface area contributed by atoms with Gasteiger partial charge in [-0.25, -0.2) is 4.79 Å². The molecule has 0 atom stereocenters. The maximum absolute atomic E-state index is 12.2. The summed E-state index contributed by atoms with van der Waals surface area (Å²) in [6.45, 7) is 3.74. The number of carboxylic acids is 1. The number of ether oxygens (including phenoxy) is 1. The van der Waals surface area contributed by atoms with Crippen molar-refractivity contribution >= 4 is 12.0 Å². The number of amides is 2. The van der Waals surface area contributed by atoms with E-state index in [0.717, 1.165) is 12.8 Å². The molecule has 3 rings (SSSR count). The van der Waals surface area contributed by atoms with E-state index in [1.807, 2.05) is 11.8 Å². The van der Waals surface area contributed by atoms with E-state index < -0.39 is 5.97 Å². The van der Waals surface area contributed by atoms with Crippen LogP contribution in [0.1, 0.15) is 25.3 Å². The lowest BCUT2D eigenvalue weighted by Gasteiger charge is -2.44. The van der Waals surface area contributed by atoms with Gasteiger partial charge >= 0.3 is 12.0 Å². The maximum Gasteiger partial charge on any atom is 0.317 e. The van der Waals surface area contributed by atoms with Crippen LogP contribution in [0.25, 0.3) is 0 Å². The third-order valence-corrected chi connectivity index (χ3v) is 5.12. The van der Waals surface area contributed by atoms with Crippen molar-refractivity contribution in [2.45, 2.75) is 38.0 Å². The summed E-state index contributed by atoms with van der Waals surface area (Å²) in [5, 5.41) is 20.7. The van der Waals surface area contributed by atoms with Crippen molar-refractivity contribution < 1.29 is 19.4 Å². The van der Waals surface area contributed by atoms with Crippen LogP contribution in [0.3, 0.4) is 0 Å². The molecule has 27 heavy (non-hydrogen) atoms. The minimum Gasteiger partial charge on any atom is -0.487 e. The number of likely N-dealkylation sites (tertiary alicyclic amines) is 1. The van der Waals surface area contributed by atoms with E-state index >= 15 is 0 Å². The first-order valence-electron chi connectivity index (χ1n) is 9.16. The summed E-state index contributed by atoms with van der Waals surface area (Å²) >= 11 is 0. The zero-order valence-corrected chi connectivity index (χ0v) is 15.3. The standard InChI is InChI=1S/C19H24N4O4/c1-2-22(12-18(24)25)15-7-14(8-15)21-19(26)23-10-17(11-23)27-16-5-3-13(9-20)4-6-16/h3-6,14-15,17H,2,7-8,10-12H2,1H3,(H,21,26)(H,24,25). The van der Waals surface area contributed by atoms with Crippen molar-refractivity contribution in [3.63, 3.8) is 0 Å². The fourth-order valence-electron chi connectivity index (χ4n) is 3.42. The number of aliphatic carboxylic acids is 1. The van der Waals surface area contributed by atoms with E-state index in [1.54, 1.807) is 29.2 Å².